The molecule has 274 valence electrons. The van der Waals surface area contributed by atoms with Crippen LogP contribution in [0.25, 0.3) is 0 Å². The van der Waals surface area contributed by atoms with Crippen molar-refractivity contribution in [1.29, 1.82) is 0 Å². The summed E-state index contributed by atoms with van der Waals surface area (Å²) >= 11 is 1.12. The number of ketones is 1. The van der Waals surface area contributed by atoms with Crippen molar-refractivity contribution in [3.05, 3.63) is 0 Å². The Bertz CT molecular complexity index is 1220. The number of ether oxygens (including phenoxy) is 1. The molecule has 2 aliphatic rings. The smallest absolute Gasteiger partial charge is 0.427 e. The van der Waals surface area contributed by atoms with E-state index in [0.29, 0.717) is 31.9 Å². The Morgan fingerprint density at radius 2 is 1.50 bits per heavy atom. The molecule has 12 nitrogen and oxygen atoms in total. The number of esters is 1. The summed E-state index contributed by atoms with van der Waals surface area (Å²) in [6.07, 6.45) is -1.40. The molecular weight excluding hydrogens is 655 g/mol. The summed E-state index contributed by atoms with van der Waals surface area (Å²) < 4.78 is 44.8. The van der Waals surface area contributed by atoms with Crippen molar-refractivity contribution in [2.24, 2.45) is 34.8 Å². The highest BCUT2D eigenvalue weighted by molar-refractivity contribution is 8.00. The molecule has 48 heavy (non-hydrogen) atoms. The molecule has 0 aromatic heterocycles. The minimum absolute atomic E-state index is 0.0607. The number of urea groups is 1. The first-order chi connectivity index (χ1) is 21.9. The number of likely N-dealkylation sites (tertiary alicyclic amines) is 1. The van der Waals surface area contributed by atoms with E-state index in [0.717, 1.165) is 31.0 Å². The van der Waals surface area contributed by atoms with Crippen LogP contribution < -0.4 is 21.7 Å². The first-order valence-electron chi connectivity index (χ1n) is 16.3. The zero-order valence-corrected chi connectivity index (χ0v) is 30.1. The minimum Gasteiger partial charge on any atom is -0.448 e. The van der Waals surface area contributed by atoms with Gasteiger partial charge in [-0.05, 0) is 61.5 Å². The van der Waals surface area contributed by atoms with Gasteiger partial charge < -0.3 is 31.3 Å². The third-order valence-electron chi connectivity index (χ3n) is 8.75. The van der Waals surface area contributed by atoms with Crippen LogP contribution in [0.2, 0.25) is 0 Å². The predicted molar refractivity (Wildman–Crippen MR) is 174 cm³/mol. The van der Waals surface area contributed by atoms with Gasteiger partial charge in [-0.3, -0.25) is 19.2 Å². The molecule has 0 bridgehead atoms. The first-order valence-corrected chi connectivity index (χ1v) is 17.4. The van der Waals surface area contributed by atoms with Gasteiger partial charge in [0.05, 0.1) is 0 Å². The van der Waals surface area contributed by atoms with E-state index in [4.69, 9.17) is 10.5 Å². The quantitative estimate of drug-likeness (QED) is 0.114. The lowest BCUT2D eigenvalue weighted by Crippen LogP contribution is -2.62. The number of nitrogens with zero attached hydrogens (tertiary/aromatic N) is 1. The molecule has 1 aliphatic carbocycles. The van der Waals surface area contributed by atoms with Gasteiger partial charge in [0, 0.05) is 6.54 Å². The largest absolute Gasteiger partial charge is 0.448 e. The van der Waals surface area contributed by atoms with Gasteiger partial charge in [0.2, 0.25) is 17.4 Å². The maximum Gasteiger partial charge on any atom is 0.427 e. The lowest BCUT2D eigenvalue weighted by atomic mass is 9.84. The van der Waals surface area contributed by atoms with E-state index in [9.17, 15) is 41.9 Å². The summed E-state index contributed by atoms with van der Waals surface area (Å²) in [5, 5.41) is 6.35. The number of rotatable bonds is 15. The fourth-order valence-electron chi connectivity index (χ4n) is 5.38. The Balaban J connectivity index is 2.30. The van der Waals surface area contributed by atoms with Gasteiger partial charge >= 0.3 is 18.2 Å². The normalized spacial score (nSPS) is 20.6. The fourth-order valence-corrected chi connectivity index (χ4v) is 6.55. The van der Waals surface area contributed by atoms with Crippen LogP contribution in [-0.2, 0) is 28.7 Å². The van der Waals surface area contributed by atoms with Crippen molar-refractivity contribution in [2.45, 2.75) is 123 Å². The van der Waals surface area contributed by atoms with Gasteiger partial charge in [0.15, 0.2) is 0 Å². The number of primary amides is 1. The molecule has 5 amide bonds. The van der Waals surface area contributed by atoms with Crippen molar-refractivity contribution in [1.82, 2.24) is 20.9 Å². The Hall–Kier alpha value is -3.04. The molecule has 1 unspecified atom stereocenters. The van der Waals surface area contributed by atoms with Crippen LogP contribution in [0.5, 0.6) is 0 Å². The molecule has 1 saturated heterocycles. The van der Waals surface area contributed by atoms with Crippen LogP contribution in [0.1, 0.15) is 88.0 Å². The molecule has 0 aromatic carbocycles. The van der Waals surface area contributed by atoms with E-state index in [1.807, 2.05) is 13.8 Å². The van der Waals surface area contributed by atoms with Crippen LogP contribution >= 0.6 is 11.8 Å². The lowest BCUT2D eigenvalue weighted by molar-refractivity contribution is -0.258. The molecule has 1 heterocycles. The Morgan fingerprint density at radius 1 is 0.917 bits per heavy atom. The van der Waals surface area contributed by atoms with E-state index >= 15 is 0 Å². The van der Waals surface area contributed by atoms with Crippen molar-refractivity contribution in [3.8, 4) is 0 Å². The molecule has 2 fully saturated rings. The fraction of sp³-hybridized carbons (Fsp3) is 0.812. The number of nitrogens with two attached hydrogens (primary N) is 1. The standard InChI is InChI=1S/C32H52F3N5O7S/c1-16(2)19-12-14-40(21(19)25(43)39-26(22(41)24(36)42)48-15-13-18-10-11-18)27(44)23(30(5,6)7)38-29(46)37-20(17(3)4)28(45)47-31(8,9)32(33,34)35/h16-21,23,26H,10-15H2,1-9H3,(H2,36,42)(H,39,43)(H2,37,38,46)/t19-,20+,21+,23-,26?/m1/s1. The molecule has 0 aromatic rings. The second-order valence-electron chi connectivity index (χ2n) is 15.0. The Morgan fingerprint density at radius 3 is 1.96 bits per heavy atom. The monoisotopic (exact) mass is 707 g/mol. The van der Waals surface area contributed by atoms with E-state index in [1.54, 1.807) is 20.8 Å². The average molecular weight is 708 g/mol. The van der Waals surface area contributed by atoms with Gasteiger partial charge in [0.25, 0.3) is 11.7 Å². The molecule has 0 spiro atoms. The van der Waals surface area contributed by atoms with Crippen LogP contribution in [0, 0.1) is 29.1 Å². The molecule has 0 radical (unpaired) electrons. The highest BCUT2D eigenvalue weighted by Gasteiger charge is 2.52. The summed E-state index contributed by atoms with van der Waals surface area (Å²) in [5.41, 5.74) is 1.53. The number of halogens is 3. The summed E-state index contributed by atoms with van der Waals surface area (Å²) in [5.74, 6) is -4.66. The summed E-state index contributed by atoms with van der Waals surface area (Å²) in [7, 11) is 0. The first kappa shape index (κ1) is 41.1. The number of Topliss-reactive ketones (excluding diaryl/α,β-unsaturated/α-hetero) is 1. The number of hydrogen-bond donors (Lipinski definition) is 4. The summed E-state index contributed by atoms with van der Waals surface area (Å²) in [6.45, 7) is 13.4. The molecule has 16 heteroatoms. The zero-order valence-electron chi connectivity index (χ0n) is 29.3. The minimum atomic E-state index is -4.86. The van der Waals surface area contributed by atoms with E-state index in [1.165, 1.54) is 18.7 Å². The number of hydrogen-bond acceptors (Lipinski definition) is 8. The zero-order chi connectivity index (χ0) is 36.9. The number of carbonyl (C=O) groups excluding carboxylic acids is 6. The predicted octanol–water partition coefficient (Wildman–Crippen LogP) is 3.51. The lowest BCUT2D eigenvalue weighted by Gasteiger charge is -2.37. The third-order valence-corrected chi connectivity index (χ3v) is 9.89. The second-order valence-corrected chi connectivity index (χ2v) is 16.2. The van der Waals surface area contributed by atoms with Gasteiger partial charge in [-0.15, -0.1) is 11.8 Å². The number of alkyl halides is 3. The Kier molecular flexibility index (Phi) is 13.8. The van der Waals surface area contributed by atoms with Crippen molar-refractivity contribution in [3.63, 3.8) is 0 Å². The van der Waals surface area contributed by atoms with Gasteiger partial charge in [-0.1, -0.05) is 61.3 Å². The van der Waals surface area contributed by atoms with Crippen LogP contribution in [0.4, 0.5) is 18.0 Å². The van der Waals surface area contributed by atoms with Crippen molar-refractivity contribution >= 4 is 47.3 Å². The Labute approximate surface area is 284 Å². The van der Waals surface area contributed by atoms with Crippen LogP contribution in [0.3, 0.4) is 0 Å². The average Bonchev–Trinajstić information content (AvgIpc) is 3.65. The molecule has 1 aliphatic heterocycles. The second kappa shape index (κ2) is 16.1. The maximum atomic E-state index is 14.2. The van der Waals surface area contributed by atoms with Crippen LogP contribution in [-0.4, -0.2) is 88.0 Å². The molecular formula is C32H52F3N5O7S. The summed E-state index contributed by atoms with van der Waals surface area (Å²) in [6, 6.07) is -4.76. The van der Waals surface area contributed by atoms with Gasteiger partial charge in [-0.25, -0.2) is 9.59 Å². The van der Waals surface area contributed by atoms with E-state index in [2.05, 4.69) is 16.0 Å². The molecule has 5 N–H and O–H groups in total. The van der Waals surface area contributed by atoms with E-state index < -0.39 is 82.1 Å². The third kappa shape index (κ3) is 11.0. The number of nitrogens with one attached hydrogen (secondary N) is 3. The molecule has 2 rings (SSSR count). The molecule has 1 saturated carbocycles. The highest BCUT2D eigenvalue weighted by Crippen LogP contribution is 2.36. The summed E-state index contributed by atoms with van der Waals surface area (Å²) in [4.78, 5) is 79.8. The molecule has 5 atom stereocenters. The van der Waals surface area contributed by atoms with Crippen LogP contribution in [0.15, 0.2) is 0 Å². The van der Waals surface area contributed by atoms with Crippen molar-refractivity contribution < 1.29 is 46.7 Å². The number of amides is 5. The number of carbonyl (C=O) groups is 6. The topological polar surface area (TPSA) is 177 Å². The van der Waals surface area contributed by atoms with E-state index in [-0.39, 0.29) is 18.4 Å². The van der Waals surface area contributed by atoms with Crippen molar-refractivity contribution in [2.75, 3.05) is 12.3 Å². The SMILES string of the molecule is CC(C)[C@H](NC(=O)N[C@H](C(=O)N1CC[C@H](C(C)C)[C@H]1C(=O)NC(SCCC1CC1)C(=O)C(N)=O)C(C)(C)C)C(=O)OC(C)(C)C(F)(F)F. The maximum absolute atomic E-state index is 14.2. The van der Waals surface area contributed by atoms with Gasteiger partial charge in [0.1, 0.15) is 23.5 Å². The highest BCUT2D eigenvalue weighted by atomic mass is 32.2. The van der Waals surface area contributed by atoms with Gasteiger partial charge in [-0.2, -0.15) is 13.2 Å². The number of thioether (sulfide) groups is 1.